The zero-order valence-corrected chi connectivity index (χ0v) is 17.1. The first-order chi connectivity index (χ1) is 14.4. The molecule has 9 heteroatoms. The smallest absolute Gasteiger partial charge is 0.275 e. The fraction of sp³-hybridized carbons (Fsp3) is 0.429. The Labute approximate surface area is 174 Å². The normalized spacial score (nSPS) is 19.9. The Kier molecular flexibility index (Phi) is 5.54. The van der Waals surface area contributed by atoms with Gasteiger partial charge in [0, 0.05) is 50.9 Å². The van der Waals surface area contributed by atoms with Crippen molar-refractivity contribution in [3.63, 3.8) is 0 Å². The molecule has 9 nitrogen and oxygen atoms in total. The Morgan fingerprint density at radius 1 is 1.23 bits per heavy atom. The molecule has 3 heterocycles. The number of rotatable bonds is 4. The number of benzene rings is 1. The molecule has 1 unspecified atom stereocenters. The Morgan fingerprint density at radius 3 is 2.77 bits per heavy atom. The quantitative estimate of drug-likeness (QED) is 0.819. The molecule has 1 N–H and O–H groups in total. The van der Waals surface area contributed by atoms with Gasteiger partial charge in [0.15, 0.2) is 11.6 Å². The third-order valence-electron chi connectivity index (χ3n) is 5.57. The number of aromatic nitrogens is 1. The molecule has 0 aliphatic carbocycles. The minimum absolute atomic E-state index is 0.0998. The molecule has 158 valence electrons. The lowest BCUT2D eigenvalue weighted by molar-refractivity contribution is -0.122. The van der Waals surface area contributed by atoms with E-state index in [1.807, 2.05) is 30.1 Å². The van der Waals surface area contributed by atoms with Gasteiger partial charge in [0.25, 0.3) is 5.91 Å². The lowest BCUT2D eigenvalue weighted by Gasteiger charge is -2.38. The molecule has 4 rings (SSSR count). The van der Waals surface area contributed by atoms with Gasteiger partial charge in [0.2, 0.25) is 11.8 Å². The average molecular weight is 411 g/mol. The van der Waals surface area contributed by atoms with Gasteiger partial charge in [-0.3, -0.25) is 19.3 Å². The number of piperazine rings is 1. The van der Waals surface area contributed by atoms with Gasteiger partial charge in [-0.1, -0.05) is 6.07 Å². The molecule has 3 amide bonds. The topological polar surface area (TPSA) is 99.0 Å². The van der Waals surface area contributed by atoms with Crippen LogP contribution in [-0.4, -0.2) is 71.8 Å². The molecule has 0 saturated carbocycles. The highest BCUT2D eigenvalue weighted by molar-refractivity contribution is 5.99. The van der Waals surface area contributed by atoms with E-state index in [-0.39, 0.29) is 30.0 Å². The summed E-state index contributed by atoms with van der Waals surface area (Å²) in [4.78, 5) is 47.1. The molecule has 0 spiro atoms. The van der Waals surface area contributed by atoms with Crippen molar-refractivity contribution in [3.8, 4) is 0 Å². The lowest BCUT2D eigenvalue weighted by Crippen LogP contribution is -2.57. The van der Waals surface area contributed by atoms with E-state index in [9.17, 15) is 14.4 Å². The third-order valence-corrected chi connectivity index (χ3v) is 5.57. The monoisotopic (exact) mass is 411 g/mol. The summed E-state index contributed by atoms with van der Waals surface area (Å²) in [5, 5.41) is 2.93. The minimum atomic E-state index is -0.493. The molecule has 2 aliphatic rings. The number of hydrogen-bond donors (Lipinski definition) is 1. The number of carbonyl (C=O) groups is 3. The van der Waals surface area contributed by atoms with Gasteiger partial charge in [-0.15, -0.1) is 0 Å². The summed E-state index contributed by atoms with van der Waals surface area (Å²) in [6.45, 7) is 3.72. The van der Waals surface area contributed by atoms with Crippen LogP contribution < -0.4 is 10.2 Å². The first-order valence-electron chi connectivity index (χ1n) is 10.1. The van der Waals surface area contributed by atoms with Gasteiger partial charge in [-0.25, -0.2) is 4.98 Å². The van der Waals surface area contributed by atoms with Crippen molar-refractivity contribution in [2.75, 3.05) is 43.4 Å². The van der Waals surface area contributed by atoms with Crippen molar-refractivity contribution < 1.29 is 18.8 Å². The predicted molar refractivity (Wildman–Crippen MR) is 110 cm³/mol. The highest BCUT2D eigenvalue weighted by atomic mass is 16.3. The number of nitrogens with zero attached hydrogens (tertiary/aromatic N) is 4. The molecule has 1 aromatic heterocycles. The van der Waals surface area contributed by atoms with Crippen LogP contribution in [0.3, 0.4) is 0 Å². The second-order valence-corrected chi connectivity index (χ2v) is 7.69. The maximum atomic E-state index is 13.0. The SMILES string of the molecule is Cc1nc(C(=O)N2CCN(C)C(C(=O)Nc3cccc(N4CCCC4=O)c3)C2)co1. The van der Waals surface area contributed by atoms with E-state index in [1.165, 1.54) is 6.26 Å². The first-order valence-corrected chi connectivity index (χ1v) is 10.1. The van der Waals surface area contributed by atoms with Gasteiger partial charge in [0.05, 0.1) is 0 Å². The molecule has 2 saturated heterocycles. The van der Waals surface area contributed by atoms with Crippen molar-refractivity contribution in [1.29, 1.82) is 0 Å². The Morgan fingerprint density at radius 2 is 2.07 bits per heavy atom. The fourth-order valence-corrected chi connectivity index (χ4v) is 3.86. The van der Waals surface area contributed by atoms with E-state index in [0.717, 1.165) is 12.1 Å². The Bertz CT molecular complexity index is 972. The van der Waals surface area contributed by atoms with Gasteiger partial charge < -0.3 is 19.5 Å². The Balaban J connectivity index is 1.44. The van der Waals surface area contributed by atoms with E-state index in [2.05, 4.69) is 10.3 Å². The number of hydrogen-bond acceptors (Lipinski definition) is 6. The van der Waals surface area contributed by atoms with Crippen molar-refractivity contribution in [2.24, 2.45) is 0 Å². The Hall–Kier alpha value is -3.20. The van der Waals surface area contributed by atoms with Crippen LogP contribution >= 0.6 is 0 Å². The average Bonchev–Trinajstić information content (AvgIpc) is 3.36. The zero-order chi connectivity index (χ0) is 21.3. The predicted octanol–water partition coefficient (Wildman–Crippen LogP) is 1.50. The van der Waals surface area contributed by atoms with Crippen LogP contribution in [-0.2, 0) is 9.59 Å². The van der Waals surface area contributed by atoms with Crippen LogP contribution in [0, 0.1) is 6.92 Å². The summed E-state index contributed by atoms with van der Waals surface area (Å²) in [7, 11) is 1.87. The van der Waals surface area contributed by atoms with Crippen LogP contribution in [0.2, 0.25) is 0 Å². The summed E-state index contributed by atoms with van der Waals surface area (Å²) in [6.07, 6.45) is 2.74. The number of likely N-dealkylation sites (N-methyl/N-ethyl adjacent to an activating group) is 1. The molecule has 0 radical (unpaired) electrons. The number of carbonyl (C=O) groups excluding carboxylic acids is 3. The molecular weight excluding hydrogens is 386 g/mol. The van der Waals surface area contributed by atoms with Crippen molar-refractivity contribution in [1.82, 2.24) is 14.8 Å². The second-order valence-electron chi connectivity index (χ2n) is 7.69. The molecule has 2 aromatic rings. The fourth-order valence-electron chi connectivity index (χ4n) is 3.86. The van der Waals surface area contributed by atoms with Crippen LogP contribution in [0.25, 0.3) is 0 Å². The zero-order valence-electron chi connectivity index (χ0n) is 17.1. The maximum absolute atomic E-state index is 13.0. The molecule has 30 heavy (non-hydrogen) atoms. The van der Waals surface area contributed by atoms with Crippen LogP contribution in [0.1, 0.15) is 29.2 Å². The summed E-state index contributed by atoms with van der Waals surface area (Å²) in [5.41, 5.74) is 1.66. The van der Waals surface area contributed by atoms with E-state index >= 15 is 0 Å². The summed E-state index contributed by atoms with van der Waals surface area (Å²) >= 11 is 0. The lowest BCUT2D eigenvalue weighted by atomic mass is 10.1. The number of nitrogens with one attached hydrogen (secondary N) is 1. The van der Waals surface area contributed by atoms with Gasteiger partial charge >= 0.3 is 0 Å². The van der Waals surface area contributed by atoms with E-state index in [0.29, 0.717) is 37.6 Å². The standard InChI is InChI=1S/C21H25N5O4/c1-14-22-17(13-30-14)21(29)25-10-9-24(2)18(12-25)20(28)23-15-5-3-6-16(11-15)26-8-4-7-19(26)27/h3,5-6,11,13,18H,4,7-10,12H2,1-2H3,(H,23,28). The van der Waals surface area contributed by atoms with Gasteiger partial charge in [0.1, 0.15) is 12.3 Å². The summed E-state index contributed by atoms with van der Waals surface area (Å²) < 4.78 is 5.14. The van der Waals surface area contributed by atoms with Gasteiger partial charge in [-0.05, 0) is 31.7 Å². The third kappa shape index (κ3) is 4.06. The van der Waals surface area contributed by atoms with E-state index < -0.39 is 6.04 Å². The summed E-state index contributed by atoms with van der Waals surface area (Å²) in [5.74, 6) is 0.0874. The molecule has 1 aromatic carbocycles. The first kappa shape index (κ1) is 20.1. The molecular formula is C21H25N5O4. The highest BCUT2D eigenvalue weighted by Gasteiger charge is 2.33. The minimum Gasteiger partial charge on any atom is -0.448 e. The van der Waals surface area contributed by atoms with E-state index in [1.54, 1.807) is 22.8 Å². The summed E-state index contributed by atoms with van der Waals surface area (Å²) in [6, 6.07) is 6.81. The van der Waals surface area contributed by atoms with Crippen LogP contribution in [0.15, 0.2) is 34.9 Å². The van der Waals surface area contributed by atoms with Crippen LogP contribution in [0.5, 0.6) is 0 Å². The number of aryl methyl sites for hydroxylation is 1. The van der Waals surface area contributed by atoms with Crippen molar-refractivity contribution in [2.45, 2.75) is 25.8 Å². The highest BCUT2D eigenvalue weighted by Crippen LogP contribution is 2.24. The number of anilines is 2. The largest absolute Gasteiger partial charge is 0.448 e. The number of oxazole rings is 1. The number of amides is 3. The van der Waals surface area contributed by atoms with Crippen molar-refractivity contribution >= 4 is 29.1 Å². The second kappa shape index (κ2) is 8.27. The molecule has 0 bridgehead atoms. The molecule has 2 aliphatic heterocycles. The van der Waals surface area contributed by atoms with Crippen LogP contribution in [0.4, 0.5) is 11.4 Å². The van der Waals surface area contributed by atoms with Crippen molar-refractivity contribution in [3.05, 3.63) is 42.1 Å². The maximum Gasteiger partial charge on any atom is 0.275 e. The van der Waals surface area contributed by atoms with Gasteiger partial charge in [-0.2, -0.15) is 0 Å². The molecule has 1 atom stereocenters. The van der Waals surface area contributed by atoms with E-state index in [4.69, 9.17) is 4.42 Å². The molecule has 2 fully saturated rings.